The van der Waals surface area contributed by atoms with E-state index in [2.05, 4.69) is 4.98 Å². The number of methoxy groups -OCH3 is 1. The first-order valence-electron chi connectivity index (χ1n) is 8.70. The first-order valence-corrected chi connectivity index (χ1v) is 10.0. The Labute approximate surface area is 173 Å². The normalized spacial score (nSPS) is 11.7. The van der Waals surface area contributed by atoms with Crippen molar-refractivity contribution in [2.45, 2.75) is 19.6 Å². The van der Waals surface area contributed by atoms with Gasteiger partial charge in [-0.1, -0.05) is 23.7 Å². The number of hydrogen-bond donors (Lipinski definition) is 0. The van der Waals surface area contributed by atoms with E-state index in [-0.39, 0.29) is 11.9 Å². The van der Waals surface area contributed by atoms with Crippen LogP contribution in [0.4, 0.5) is 0 Å². The van der Waals surface area contributed by atoms with Gasteiger partial charge in [-0.15, -0.1) is 11.3 Å². The molecule has 0 saturated carbocycles. The molecule has 7 heteroatoms. The van der Waals surface area contributed by atoms with Gasteiger partial charge in [-0.25, -0.2) is 4.98 Å². The predicted molar refractivity (Wildman–Crippen MR) is 111 cm³/mol. The van der Waals surface area contributed by atoms with Crippen molar-refractivity contribution in [2.75, 3.05) is 14.2 Å². The quantitative estimate of drug-likeness (QED) is 0.530. The van der Waals surface area contributed by atoms with Gasteiger partial charge in [0.15, 0.2) is 11.5 Å². The summed E-state index contributed by atoms with van der Waals surface area (Å²) in [6.07, 6.45) is 0. The van der Waals surface area contributed by atoms with Crippen LogP contribution in [-0.2, 0) is 6.61 Å². The molecule has 0 radical (unpaired) electrons. The van der Waals surface area contributed by atoms with Gasteiger partial charge in [0, 0.05) is 23.0 Å². The number of hydrogen-bond acceptors (Lipinski definition) is 5. The third-order valence-electron chi connectivity index (χ3n) is 4.50. The number of thiazole rings is 1. The molecule has 0 aliphatic rings. The van der Waals surface area contributed by atoms with Crippen LogP contribution < -0.4 is 9.47 Å². The zero-order valence-electron chi connectivity index (χ0n) is 15.9. The van der Waals surface area contributed by atoms with Crippen molar-refractivity contribution in [2.24, 2.45) is 0 Å². The van der Waals surface area contributed by atoms with Crippen LogP contribution in [0.3, 0.4) is 0 Å². The molecule has 146 valence electrons. The Morgan fingerprint density at radius 1 is 1.25 bits per heavy atom. The smallest absolute Gasteiger partial charge is 0.254 e. The third kappa shape index (κ3) is 4.64. The van der Waals surface area contributed by atoms with Crippen LogP contribution in [-0.4, -0.2) is 29.9 Å². The number of ether oxygens (including phenoxy) is 2. The van der Waals surface area contributed by atoms with Crippen LogP contribution in [0.5, 0.6) is 11.5 Å². The van der Waals surface area contributed by atoms with Gasteiger partial charge in [0.1, 0.15) is 6.61 Å². The monoisotopic (exact) mass is 416 g/mol. The van der Waals surface area contributed by atoms with Crippen LogP contribution in [0.15, 0.2) is 53.4 Å². The second kappa shape index (κ2) is 9.08. The van der Waals surface area contributed by atoms with Crippen molar-refractivity contribution < 1.29 is 14.3 Å². The summed E-state index contributed by atoms with van der Waals surface area (Å²) in [5.74, 6) is 0.958. The average molecular weight is 417 g/mol. The summed E-state index contributed by atoms with van der Waals surface area (Å²) in [6, 6.07) is 12.6. The standard InChI is InChI=1S/C21H21ClN2O3S/c1-14(15-5-4-6-17(22)9-15)24(2)21(25)16-7-8-19(20(10-16)26-3)27-11-18-12-28-13-23-18/h4-10,12-14H,11H2,1-3H3. The molecule has 3 aromatic rings. The summed E-state index contributed by atoms with van der Waals surface area (Å²) in [5.41, 5.74) is 4.10. The maximum Gasteiger partial charge on any atom is 0.254 e. The van der Waals surface area contributed by atoms with E-state index in [0.29, 0.717) is 28.7 Å². The fourth-order valence-electron chi connectivity index (χ4n) is 2.75. The minimum atomic E-state index is -0.127. The molecule has 2 aromatic carbocycles. The third-order valence-corrected chi connectivity index (χ3v) is 5.37. The van der Waals surface area contributed by atoms with Gasteiger partial charge in [-0.3, -0.25) is 4.79 Å². The van der Waals surface area contributed by atoms with Crippen molar-refractivity contribution in [1.29, 1.82) is 0 Å². The molecule has 1 heterocycles. The lowest BCUT2D eigenvalue weighted by molar-refractivity contribution is 0.0742. The Balaban J connectivity index is 1.75. The highest BCUT2D eigenvalue weighted by Crippen LogP contribution is 2.30. The van der Waals surface area contributed by atoms with Crippen LogP contribution in [0, 0.1) is 0 Å². The Kier molecular flexibility index (Phi) is 6.54. The molecule has 0 N–H and O–H groups in total. The molecule has 0 fully saturated rings. The van der Waals surface area contributed by atoms with E-state index in [9.17, 15) is 4.79 Å². The van der Waals surface area contributed by atoms with E-state index in [1.165, 1.54) is 11.3 Å². The second-order valence-corrected chi connectivity index (χ2v) is 7.44. The largest absolute Gasteiger partial charge is 0.493 e. The molecule has 1 unspecified atom stereocenters. The van der Waals surface area contributed by atoms with Gasteiger partial charge in [0.05, 0.1) is 24.4 Å². The minimum Gasteiger partial charge on any atom is -0.493 e. The zero-order valence-corrected chi connectivity index (χ0v) is 17.5. The highest BCUT2D eigenvalue weighted by Gasteiger charge is 2.20. The molecular formula is C21H21ClN2O3S. The van der Waals surface area contributed by atoms with Crippen molar-refractivity contribution in [1.82, 2.24) is 9.88 Å². The van der Waals surface area contributed by atoms with Crippen LogP contribution in [0.25, 0.3) is 0 Å². The fraction of sp³-hybridized carbons (Fsp3) is 0.238. The molecular weight excluding hydrogens is 396 g/mol. The molecule has 3 rings (SSSR count). The number of carbonyl (C=O) groups is 1. The number of halogens is 1. The Bertz CT molecular complexity index is 947. The van der Waals surface area contributed by atoms with Crippen molar-refractivity contribution >= 4 is 28.8 Å². The molecule has 1 aromatic heterocycles. The zero-order chi connectivity index (χ0) is 20.1. The molecule has 1 atom stereocenters. The summed E-state index contributed by atoms with van der Waals surface area (Å²) in [4.78, 5) is 18.8. The van der Waals surface area contributed by atoms with Crippen LogP contribution in [0.2, 0.25) is 5.02 Å². The minimum absolute atomic E-state index is 0.114. The lowest BCUT2D eigenvalue weighted by Crippen LogP contribution is -2.29. The Morgan fingerprint density at radius 2 is 2.07 bits per heavy atom. The first kappa shape index (κ1) is 20.2. The van der Waals surface area contributed by atoms with Gasteiger partial charge in [-0.2, -0.15) is 0 Å². The maximum atomic E-state index is 13.0. The Morgan fingerprint density at radius 3 is 2.75 bits per heavy atom. The summed E-state index contributed by atoms with van der Waals surface area (Å²) in [5, 5.41) is 2.57. The van der Waals surface area contributed by atoms with Crippen molar-refractivity contribution in [3.63, 3.8) is 0 Å². The van der Waals surface area contributed by atoms with Gasteiger partial charge in [0.25, 0.3) is 5.91 Å². The molecule has 28 heavy (non-hydrogen) atoms. The van der Waals surface area contributed by atoms with E-state index in [4.69, 9.17) is 21.1 Å². The number of amides is 1. The highest BCUT2D eigenvalue weighted by atomic mass is 35.5. The van der Waals surface area contributed by atoms with E-state index < -0.39 is 0 Å². The SMILES string of the molecule is COc1cc(C(=O)N(C)C(C)c2cccc(Cl)c2)ccc1OCc1cscn1. The highest BCUT2D eigenvalue weighted by molar-refractivity contribution is 7.07. The van der Waals surface area contributed by atoms with Crippen molar-refractivity contribution in [3.8, 4) is 11.5 Å². The summed E-state index contributed by atoms with van der Waals surface area (Å²) >= 11 is 7.59. The number of rotatable bonds is 7. The summed E-state index contributed by atoms with van der Waals surface area (Å²) in [6.45, 7) is 2.31. The van der Waals surface area contributed by atoms with Gasteiger partial charge < -0.3 is 14.4 Å². The summed E-state index contributed by atoms with van der Waals surface area (Å²) in [7, 11) is 3.32. The fourth-order valence-corrected chi connectivity index (χ4v) is 3.49. The molecule has 0 aliphatic heterocycles. The Hall–Kier alpha value is -2.57. The van der Waals surface area contributed by atoms with E-state index in [1.54, 1.807) is 42.8 Å². The molecule has 0 spiro atoms. The number of carbonyl (C=O) groups excluding carboxylic acids is 1. The summed E-state index contributed by atoms with van der Waals surface area (Å²) < 4.78 is 11.2. The van der Waals surface area contributed by atoms with E-state index in [1.807, 2.05) is 36.6 Å². The van der Waals surface area contributed by atoms with E-state index in [0.717, 1.165) is 11.3 Å². The maximum absolute atomic E-state index is 13.0. The van der Waals surface area contributed by atoms with Gasteiger partial charge in [-0.05, 0) is 42.8 Å². The first-order chi connectivity index (χ1) is 13.5. The molecule has 5 nitrogen and oxygen atoms in total. The van der Waals surface area contributed by atoms with Gasteiger partial charge in [0.2, 0.25) is 0 Å². The lowest BCUT2D eigenvalue weighted by atomic mass is 10.1. The number of benzene rings is 2. The molecule has 0 bridgehead atoms. The predicted octanol–water partition coefficient (Wildman–Crippen LogP) is 5.22. The molecule has 0 saturated heterocycles. The van der Waals surface area contributed by atoms with Crippen LogP contribution >= 0.6 is 22.9 Å². The van der Waals surface area contributed by atoms with Crippen LogP contribution in [0.1, 0.15) is 34.6 Å². The molecule has 0 aliphatic carbocycles. The number of aromatic nitrogens is 1. The topological polar surface area (TPSA) is 51.7 Å². The average Bonchev–Trinajstić information content (AvgIpc) is 3.24. The van der Waals surface area contributed by atoms with Gasteiger partial charge >= 0.3 is 0 Å². The number of nitrogens with zero attached hydrogens (tertiary/aromatic N) is 2. The van der Waals surface area contributed by atoms with Crippen molar-refractivity contribution in [3.05, 3.63) is 75.2 Å². The second-order valence-electron chi connectivity index (χ2n) is 6.28. The van der Waals surface area contributed by atoms with E-state index >= 15 is 0 Å². The molecule has 1 amide bonds. The lowest BCUT2D eigenvalue weighted by Gasteiger charge is -2.26.